The van der Waals surface area contributed by atoms with Gasteiger partial charge in [-0.15, -0.1) is 0 Å². The molecular weight excluding hydrogens is 660 g/mol. The Kier molecular flexibility index (Phi) is 14.5. The third-order valence-electron chi connectivity index (χ3n) is 8.71. The third-order valence-corrected chi connectivity index (χ3v) is 8.71. The van der Waals surface area contributed by atoms with Crippen molar-refractivity contribution in [2.45, 2.75) is 38.9 Å². The van der Waals surface area contributed by atoms with Crippen LogP contribution in [0.4, 0.5) is 0 Å². The molecule has 5 rings (SSSR count). The van der Waals surface area contributed by atoms with Crippen LogP contribution in [0.5, 0.6) is 23.0 Å². The van der Waals surface area contributed by atoms with Crippen molar-refractivity contribution in [1.29, 1.82) is 0 Å². The van der Waals surface area contributed by atoms with Crippen LogP contribution in [-0.2, 0) is 13.2 Å². The normalized spacial score (nSPS) is 12.1. The average molecular weight is 709 g/mol. The number of imide groups is 1. The van der Waals surface area contributed by atoms with Crippen LogP contribution < -0.4 is 34.9 Å². The minimum atomic E-state index is -0.230. The zero-order chi connectivity index (χ0) is 36.5. The monoisotopic (exact) mass is 708 g/mol. The number of fused-ring (bicyclic) bond motifs is 1. The lowest BCUT2D eigenvalue weighted by Gasteiger charge is -2.17. The highest BCUT2D eigenvalue weighted by molar-refractivity contribution is 6.21. The maximum atomic E-state index is 13.4. The highest BCUT2D eigenvalue weighted by Gasteiger charge is 2.34. The van der Waals surface area contributed by atoms with Crippen LogP contribution in [0.2, 0.25) is 0 Å². The standard InChI is InChI=1S/C41H48N4O7/c1-49-32-18-14-30(15-19-32)28-51-37-13-7-12-36(38(37)52-29-31-16-20-33(50-2)21-17-31)39(46)44-26-9-25-43-24-8-23-42-22-5-6-27-45-40(47)34-10-3-4-11-35(34)41(45)48/h3-4,7,10-21,42-43H,5-6,8-9,22-29H2,1-2H3,(H,44,46). The zero-order valence-corrected chi connectivity index (χ0v) is 30.0. The number of ether oxygens (including phenoxy) is 4. The van der Waals surface area contributed by atoms with Gasteiger partial charge in [0.1, 0.15) is 24.7 Å². The lowest BCUT2D eigenvalue weighted by Crippen LogP contribution is -2.31. The minimum absolute atomic E-state index is 0.195. The van der Waals surface area contributed by atoms with E-state index in [-0.39, 0.29) is 24.3 Å². The van der Waals surface area contributed by atoms with E-state index in [1.807, 2.05) is 48.5 Å². The van der Waals surface area contributed by atoms with Crippen LogP contribution in [0, 0.1) is 0 Å². The summed E-state index contributed by atoms with van der Waals surface area (Å²) in [5, 5.41) is 9.88. The van der Waals surface area contributed by atoms with Gasteiger partial charge in [0.2, 0.25) is 0 Å². The van der Waals surface area contributed by atoms with Crippen molar-refractivity contribution in [3.63, 3.8) is 0 Å². The summed E-state index contributed by atoms with van der Waals surface area (Å²) in [6.07, 6.45) is 3.38. The van der Waals surface area contributed by atoms with E-state index in [2.05, 4.69) is 16.0 Å². The molecule has 0 unspecified atom stereocenters. The number of nitrogens with one attached hydrogen (secondary N) is 3. The van der Waals surface area contributed by atoms with Gasteiger partial charge >= 0.3 is 0 Å². The van der Waals surface area contributed by atoms with Gasteiger partial charge in [0.05, 0.1) is 30.9 Å². The molecule has 4 aromatic carbocycles. The Morgan fingerprint density at radius 3 is 1.71 bits per heavy atom. The predicted molar refractivity (Wildman–Crippen MR) is 199 cm³/mol. The molecule has 0 radical (unpaired) electrons. The number of hydrogen-bond acceptors (Lipinski definition) is 9. The second kappa shape index (κ2) is 19.9. The molecule has 4 aromatic rings. The number of carbonyl (C=O) groups excluding carboxylic acids is 3. The first kappa shape index (κ1) is 37.9. The summed E-state index contributed by atoms with van der Waals surface area (Å²) in [5.74, 6) is 1.77. The first-order valence-electron chi connectivity index (χ1n) is 17.8. The molecule has 3 amide bonds. The van der Waals surface area contributed by atoms with E-state index in [1.165, 1.54) is 4.90 Å². The Balaban J connectivity index is 0.994. The molecule has 0 aliphatic carbocycles. The Hall–Kier alpha value is -5.39. The maximum Gasteiger partial charge on any atom is 0.261 e. The minimum Gasteiger partial charge on any atom is -0.497 e. The van der Waals surface area contributed by atoms with Crippen LogP contribution in [0.25, 0.3) is 0 Å². The molecule has 0 atom stereocenters. The van der Waals surface area contributed by atoms with E-state index in [0.717, 1.165) is 74.5 Å². The Bertz CT molecular complexity index is 1730. The number of methoxy groups -OCH3 is 2. The van der Waals surface area contributed by atoms with Gasteiger partial charge in [-0.05, 0) is 112 Å². The van der Waals surface area contributed by atoms with Gasteiger partial charge in [0.15, 0.2) is 11.5 Å². The molecule has 0 fully saturated rings. The van der Waals surface area contributed by atoms with Gasteiger partial charge < -0.3 is 34.9 Å². The third kappa shape index (κ3) is 10.6. The number of carbonyl (C=O) groups is 3. The highest BCUT2D eigenvalue weighted by atomic mass is 16.5. The van der Waals surface area contributed by atoms with Crippen LogP contribution in [-0.4, -0.2) is 76.1 Å². The van der Waals surface area contributed by atoms with Crippen molar-refractivity contribution < 1.29 is 33.3 Å². The molecule has 52 heavy (non-hydrogen) atoms. The van der Waals surface area contributed by atoms with Gasteiger partial charge in [0.25, 0.3) is 17.7 Å². The van der Waals surface area contributed by atoms with E-state index >= 15 is 0 Å². The fourth-order valence-electron chi connectivity index (χ4n) is 5.78. The molecule has 0 spiro atoms. The molecule has 274 valence electrons. The van der Waals surface area contributed by atoms with Gasteiger partial charge in [-0.25, -0.2) is 0 Å². The number of benzene rings is 4. The molecule has 11 nitrogen and oxygen atoms in total. The van der Waals surface area contributed by atoms with E-state index in [4.69, 9.17) is 18.9 Å². The lowest BCUT2D eigenvalue weighted by atomic mass is 10.1. The van der Waals surface area contributed by atoms with Crippen LogP contribution in [0.15, 0.2) is 91.0 Å². The molecule has 0 aromatic heterocycles. The summed E-state index contributed by atoms with van der Waals surface area (Å²) in [6.45, 7) is 4.82. The summed E-state index contributed by atoms with van der Waals surface area (Å²) in [5.41, 5.74) is 3.29. The largest absolute Gasteiger partial charge is 0.497 e. The van der Waals surface area contributed by atoms with Gasteiger partial charge in [-0.3, -0.25) is 19.3 Å². The molecule has 1 heterocycles. The van der Waals surface area contributed by atoms with E-state index in [1.54, 1.807) is 56.7 Å². The quantitative estimate of drug-likeness (QED) is 0.0704. The van der Waals surface area contributed by atoms with Crippen molar-refractivity contribution >= 4 is 17.7 Å². The fraction of sp³-hybridized carbons (Fsp3) is 0.341. The van der Waals surface area contributed by atoms with Crippen LogP contribution in [0.1, 0.15) is 67.9 Å². The molecule has 1 aliphatic heterocycles. The molecular formula is C41H48N4O7. The summed E-state index contributed by atoms with van der Waals surface area (Å²) in [4.78, 5) is 39.7. The number of nitrogens with zero attached hydrogens (tertiary/aromatic N) is 1. The summed E-state index contributed by atoms with van der Waals surface area (Å²) >= 11 is 0. The van der Waals surface area contributed by atoms with E-state index in [0.29, 0.717) is 47.9 Å². The number of rotatable bonds is 22. The van der Waals surface area contributed by atoms with E-state index < -0.39 is 0 Å². The molecule has 3 N–H and O–H groups in total. The smallest absolute Gasteiger partial charge is 0.261 e. The van der Waals surface area contributed by atoms with Crippen LogP contribution >= 0.6 is 0 Å². The lowest BCUT2D eigenvalue weighted by molar-refractivity contribution is 0.0651. The second-order valence-electron chi connectivity index (χ2n) is 12.4. The first-order chi connectivity index (χ1) is 25.5. The predicted octanol–water partition coefficient (Wildman–Crippen LogP) is 5.63. The maximum absolute atomic E-state index is 13.4. The Labute approximate surface area is 305 Å². The van der Waals surface area contributed by atoms with Crippen LogP contribution in [0.3, 0.4) is 0 Å². The van der Waals surface area contributed by atoms with Crippen molar-refractivity contribution in [1.82, 2.24) is 20.9 Å². The molecule has 1 aliphatic rings. The highest BCUT2D eigenvalue weighted by Crippen LogP contribution is 2.33. The van der Waals surface area contributed by atoms with E-state index in [9.17, 15) is 14.4 Å². The molecule has 0 saturated carbocycles. The zero-order valence-electron chi connectivity index (χ0n) is 30.0. The average Bonchev–Trinajstić information content (AvgIpc) is 3.43. The number of hydrogen-bond donors (Lipinski definition) is 3. The van der Waals surface area contributed by atoms with Gasteiger partial charge in [-0.1, -0.05) is 42.5 Å². The van der Waals surface area contributed by atoms with Gasteiger partial charge in [-0.2, -0.15) is 0 Å². The Morgan fingerprint density at radius 2 is 1.13 bits per heavy atom. The summed E-state index contributed by atoms with van der Waals surface area (Å²) in [7, 11) is 3.25. The van der Waals surface area contributed by atoms with Crippen molar-refractivity contribution in [3.05, 3.63) is 119 Å². The molecule has 0 saturated heterocycles. The van der Waals surface area contributed by atoms with Gasteiger partial charge in [0, 0.05) is 13.1 Å². The van der Waals surface area contributed by atoms with Crippen molar-refractivity contribution in [2.75, 3.05) is 53.5 Å². The SMILES string of the molecule is COc1ccc(COc2cccc(C(=O)NCCCNCCCNCCCCN3C(=O)c4ccccc4C3=O)c2OCc2ccc(OC)cc2)cc1. The Morgan fingerprint density at radius 1 is 0.596 bits per heavy atom. The summed E-state index contributed by atoms with van der Waals surface area (Å²) < 4.78 is 22.9. The van der Waals surface area contributed by atoms with Crippen molar-refractivity contribution in [2.24, 2.45) is 0 Å². The fourth-order valence-corrected chi connectivity index (χ4v) is 5.78. The molecule has 0 bridgehead atoms. The number of para-hydroxylation sites is 1. The number of unbranched alkanes of at least 4 members (excludes halogenated alkanes) is 1. The first-order valence-corrected chi connectivity index (χ1v) is 17.8. The summed E-state index contributed by atoms with van der Waals surface area (Å²) in [6, 6.07) is 27.5. The number of amides is 3. The molecule has 11 heteroatoms. The second-order valence-corrected chi connectivity index (χ2v) is 12.4. The van der Waals surface area contributed by atoms with Crippen molar-refractivity contribution in [3.8, 4) is 23.0 Å². The topological polar surface area (TPSA) is 127 Å².